The predicted octanol–water partition coefficient (Wildman–Crippen LogP) is 2.92. The maximum Gasteiger partial charge on any atom is 0.573 e. The maximum absolute atomic E-state index is 12.1. The third-order valence-corrected chi connectivity index (χ3v) is 2.39. The van der Waals surface area contributed by atoms with Crippen molar-refractivity contribution in [2.75, 3.05) is 0 Å². The van der Waals surface area contributed by atoms with Gasteiger partial charge in [0.05, 0.1) is 5.56 Å². The van der Waals surface area contributed by atoms with E-state index in [9.17, 15) is 23.1 Å². The van der Waals surface area contributed by atoms with Crippen LogP contribution in [-0.2, 0) is 0 Å². The first-order chi connectivity index (χ1) is 9.37. The van der Waals surface area contributed by atoms with E-state index >= 15 is 0 Å². The van der Waals surface area contributed by atoms with Crippen LogP contribution in [0.2, 0.25) is 0 Å². The molecule has 1 aromatic heterocycles. The number of halogens is 3. The van der Waals surface area contributed by atoms with Crippen LogP contribution in [0.15, 0.2) is 42.7 Å². The maximum atomic E-state index is 12.1. The molecule has 0 unspecified atom stereocenters. The number of carbonyl (C=O) groups excluding carboxylic acids is 1. The predicted molar refractivity (Wildman–Crippen MR) is 62.5 cm³/mol. The molecule has 104 valence electrons. The Kier molecular flexibility index (Phi) is 3.60. The van der Waals surface area contributed by atoms with Crippen molar-refractivity contribution in [2.24, 2.45) is 0 Å². The van der Waals surface area contributed by atoms with Crippen LogP contribution in [-0.4, -0.2) is 22.2 Å². The highest BCUT2D eigenvalue weighted by Crippen LogP contribution is 2.29. The van der Waals surface area contributed by atoms with Crippen LogP contribution in [0, 0.1) is 0 Å². The number of ketones is 1. The topological polar surface area (TPSA) is 59.4 Å². The largest absolute Gasteiger partial charge is 0.573 e. The van der Waals surface area contributed by atoms with Crippen molar-refractivity contribution in [3.8, 4) is 11.5 Å². The summed E-state index contributed by atoms with van der Waals surface area (Å²) in [5.41, 5.74) is -0.0857. The summed E-state index contributed by atoms with van der Waals surface area (Å²) in [4.78, 5) is 15.8. The standard InChI is InChI=1S/C13H8F3NO3/c14-13(15,16)20-9-1-2-11(18)10(7-9)12(19)8-3-5-17-6-4-8/h1-7,18H. The van der Waals surface area contributed by atoms with E-state index in [2.05, 4.69) is 9.72 Å². The Morgan fingerprint density at radius 1 is 1.15 bits per heavy atom. The second kappa shape index (κ2) is 5.20. The molecule has 0 amide bonds. The Morgan fingerprint density at radius 2 is 1.80 bits per heavy atom. The lowest BCUT2D eigenvalue weighted by Crippen LogP contribution is -2.17. The summed E-state index contributed by atoms with van der Waals surface area (Å²) in [5, 5.41) is 9.59. The van der Waals surface area contributed by atoms with Crippen molar-refractivity contribution >= 4 is 5.78 Å². The first-order valence-corrected chi connectivity index (χ1v) is 5.40. The Hall–Kier alpha value is -2.57. The molecule has 0 saturated carbocycles. The summed E-state index contributed by atoms with van der Waals surface area (Å²) in [5.74, 6) is -1.63. The van der Waals surface area contributed by atoms with Gasteiger partial charge in [-0.25, -0.2) is 0 Å². The number of pyridine rings is 1. The molecular formula is C13H8F3NO3. The fourth-order valence-electron chi connectivity index (χ4n) is 1.55. The van der Waals surface area contributed by atoms with Gasteiger partial charge in [-0.05, 0) is 30.3 Å². The molecule has 0 aliphatic rings. The molecule has 0 saturated heterocycles. The van der Waals surface area contributed by atoms with Crippen molar-refractivity contribution in [2.45, 2.75) is 6.36 Å². The van der Waals surface area contributed by atoms with Gasteiger partial charge >= 0.3 is 6.36 Å². The van der Waals surface area contributed by atoms with Crippen molar-refractivity contribution in [1.29, 1.82) is 0 Å². The molecule has 1 aromatic carbocycles. The molecule has 0 spiro atoms. The zero-order valence-corrected chi connectivity index (χ0v) is 9.89. The number of phenolic OH excluding ortho intramolecular Hbond substituents is 1. The van der Waals surface area contributed by atoms with Gasteiger partial charge in [0.2, 0.25) is 0 Å². The number of aromatic hydroxyl groups is 1. The van der Waals surface area contributed by atoms with Gasteiger partial charge in [-0.15, -0.1) is 13.2 Å². The Bertz CT molecular complexity index is 627. The van der Waals surface area contributed by atoms with Gasteiger partial charge in [0.15, 0.2) is 5.78 Å². The second-order valence-electron chi connectivity index (χ2n) is 3.79. The average molecular weight is 283 g/mol. The Morgan fingerprint density at radius 3 is 2.40 bits per heavy atom. The molecule has 1 heterocycles. The molecule has 2 rings (SSSR count). The van der Waals surface area contributed by atoms with Crippen LogP contribution in [0.5, 0.6) is 11.5 Å². The molecule has 0 fully saturated rings. The normalized spacial score (nSPS) is 11.2. The molecule has 0 aliphatic heterocycles. The van der Waals surface area contributed by atoms with Gasteiger partial charge in [0.1, 0.15) is 11.5 Å². The molecule has 0 atom stereocenters. The summed E-state index contributed by atoms with van der Waals surface area (Å²) in [6.07, 6.45) is -2.14. The van der Waals surface area contributed by atoms with Gasteiger partial charge in [-0.2, -0.15) is 0 Å². The molecule has 0 radical (unpaired) electrons. The molecule has 2 aromatic rings. The first kappa shape index (κ1) is 13.9. The number of hydrogen-bond donors (Lipinski definition) is 1. The van der Waals surface area contributed by atoms with Crippen LogP contribution in [0.3, 0.4) is 0 Å². The van der Waals surface area contributed by atoms with E-state index in [1.54, 1.807) is 0 Å². The number of ether oxygens (including phenoxy) is 1. The fraction of sp³-hybridized carbons (Fsp3) is 0.0769. The Labute approximate surface area is 111 Å². The lowest BCUT2D eigenvalue weighted by atomic mass is 10.0. The lowest BCUT2D eigenvalue weighted by molar-refractivity contribution is -0.274. The van der Waals surface area contributed by atoms with Crippen LogP contribution in [0.1, 0.15) is 15.9 Å². The van der Waals surface area contributed by atoms with Gasteiger partial charge in [0, 0.05) is 18.0 Å². The summed E-state index contributed by atoms with van der Waals surface area (Å²) in [6.45, 7) is 0. The number of benzene rings is 1. The third-order valence-electron chi connectivity index (χ3n) is 2.39. The highest BCUT2D eigenvalue weighted by molar-refractivity contribution is 6.10. The minimum Gasteiger partial charge on any atom is -0.507 e. The van der Waals surface area contributed by atoms with Crippen molar-refractivity contribution < 1.29 is 27.8 Å². The average Bonchev–Trinajstić information content (AvgIpc) is 2.40. The molecule has 7 heteroatoms. The number of alkyl halides is 3. The number of aromatic nitrogens is 1. The van der Waals surface area contributed by atoms with Crippen LogP contribution in [0.4, 0.5) is 13.2 Å². The molecule has 4 nitrogen and oxygen atoms in total. The van der Waals surface area contributed by atoms with E-state index < -0.39 is 23.6 Å². The highest BCUT2D eigenvalue weighted by atomic mass is 19.4. The SMILES string of the molecule is O=C(c1ccncc1)c1cc(OC(F)(F)F)ccc1O. The number of carbonyl (C=O) groups is 1. The highest BCUT2D eigenvalue weighted by Gasteiger charge is 2.31. The van der Waals surface area contributed by atoms with E-state index in [1.165, 1.54) is 24.5 Å². The molecule has 0 aliphatic carbocycles. The van der Waals surface area contributed by atoms with E-state index in [0.29, 0.717) is 0 Å². The van der Waals surface area contributed by atoms with Crippen LogP contribution in [0.25, 0.3) is 0 Å². The summed E-state index contributed by atoms with van der Waals surface area (Å²) in [6, 6.07) is 5.51. The van der Waals surface area contributed by atoms with E-state index in [-0.39, 0.29) is 11.1 Å². The lowest BCUT2D eigenvalue weighted by Gasteiger charge is -2.10. The zero-order valence-electron chi connectivity index (χ0n) is 9.89. The number of nitrogens with zero attached hydrogens (tertiary/aromatic N) is 1. The van der Waals surface area contributed by atoms with Gasteiger partial charge in [-0.1, -0.05) is 0 Å². The minimum absolute atomic E-state index is 0.194. The number of hydrogen-bond acceptors (Lipinski definition) is 4. The van der Waals surface area contributed by atoms with Crippen LogP contribution >= 0.6 is 0 Å². The quantitative estimate of drug-likeness (QED) is 0.880. The van der Waals surface area contributed by atoms with Crippen molar-refractivity contribution in [1.82, 2.24) is 4.98 Å². The first-order valence-electron chi connectivity index (χ1n) is 5.40. The summed E-state index contributed by atoms with van der Waals surface area (Å²) >= 11 is 0. The van der Waals surface area contributed by atoms with Crippen LogP contribution < -0.4 is 4.74 Å². The van der Waals surface area contributed by atoms with Gasteiger partial charge in [-0.3, -0.25) is 9.78 Å². The second-order valence-corrected chi connectivity index (χ2v) is 3.79. The monoisotopic (exact) mass is 283 g/mol. The third kappa shape index (κ3) is 3.25. The minimum atomic E-state index is -4.87. The van der Waals surface area contributed by atoms with Crippen molar-refractivity contribution in [3.05, 3.63) is 53.9 Å². The molecular weight excluding hydrogens is 275 g/mol. The number of phenols is 1. The number of rotatable bonds is 3. The van der Waals surface area contributed by atoms with E-state index in [0.717, 1.165) is 18.2 Å². The molecule has 1 N–H and O–H groups in total. The molecule has 0 bridgehead atoms. The fourth-order valence-corrected chi connectivity index (χ4v) is 1.55. The Balaban J connectivity index is 2.36. The molecule has 20 heavy (non-hydrogen) atoms. The van der Waals surface area contributed by atoms with E-state index in [4.69, 9.17) is 0 Å². The van der Waals surface area contributed by atoms with Crippen molar-refractivity contribution in [3.63, 3.8) is 0 Å². The summed E-state index contributed by atoms with van der Waals surface area (Å²) < 4.78 is 40.1. The zero-order chi connectivity index (χ0) is 14.8. The van der Waals surface area contributed by atoms with E-state index in [1.807, 2.05) is 0 Å². The summed E-state index contributed by atoms with van der Waals surface area (Å²) in [7, 11) is 0. The van der Waals surface area contributed by atoms with Gasteiger partial charge in [0.25, 0.3) is 0 Å². The van der Waals surface area contributed by atoms with Gasteiger partial charge < -0.3 is 9.84 Å². The smallest absolute Gasteiger partial charge is 0.507 e.